The summed E-state index contributed by atoms with van der Waals surface area (Å²) in [4.78, 5) is 11.7. The molecule has 0 spiro atoms. The minimum Gasteiger partial charge on any atom is -0.496 e. The van der Waals surface area contributed by atoms with Crippen LogP contribution in [-0.2, 0) is 15.1 Å². The first-order valence-corrected chi connectivity index (χ1v) is 6.38. The van der Waals surface area contributed by atoms with Crippen LogP contribution in [-0.4, -0.2) is 26.2 Å². The van der Waals surface area contributed by atoms with Gasteiger partial charge in [-0.1, -0.05) is 24.8 Å². The minimum absolute atomic E-state index is 0.173. The van der Waals surface area contributed by atoms with Gasteiger partial charge in [-0.25, -0.2) is 0 Å². The first kappa shape index (κ1) is 13.6. The average Bonchev–Trinajstić information content (AvgIpc) is 2.48. The summed E-state index contributed by atoms with van der Waals surface area (Å²) in [6.07, 6.45) is 2.76. The smallest absolute Gasteiger partial charge is 0.244 e. The third kappa shape index (κ3) is 2.79. The van der Waals surface area contributed by atoms with Gasteiger partial charge in [0.05, 0.1) is 12.6 Å². The molecule has 1 N–H and O–H groups in total. The SMILES string of the molecule is C=CC(=O)NC1(c2ccccc2OC)CCOCC1. The molecule has 1 heterocycles. The molecule has 0 bridgehead atoms. The second kappa shape index (κ2) is 5.89. The summed E-state index contributed by atoms with van der Waals surface area (Å²) in [6.45, 7) is 4.76. The highest BCUT2D eigenvalue weighted by Crippen LogP contribution is 2.37. The third-order valence-electron chi connectivity index (χ3n) is 3.52. The van der Waals surface area contributed by atoms with Crippen molar-refractivity contribution >= 4 is 5.91 Å². The zero-order valence-electron chi connectivity index (χ0n) is 11.1. The van der Waals surface area contributed by atoms with Crippen LogP contribution in [0.4, 0.5) is 0 Å². The number of carbonyl (C=O) groups excluding carboxylic acids is 1. The summed E-state index contributed by atoms with van der Waals surface area (Å²) in [5, 5.41) is 3.06. The van der Waals surface area contributed by atoms with E-state index in [-0.39, 0.29) is 5.91 Å². The van der Waals surface area contributed by atoms with Gasteiger partial charge in [-0.2, -0.15) is 0 Å². The molecule has 1 saturated heterocycles. The van der Waals surface area contributed by atoms with Crippen molar-refractivity contribution in [2.45, 2.75) is 18.4 Å². The van der Waals surface area contributed by atoms with E-state index >= 15 is 0 Å². The Hall–Kier alpha value is -1.81. The number of benzene rings is 1. The zero-order chi connectivity index (χ0) is 13.7. The number of carbonyl (C=O) groups is 1. The number of ether oxygens (including phenoxy) is 2. The number of amides is 1. The van der Waals surface area contributed by atoms with Crippen molar-refractivity contribution in [2.24, 2.45) is 0 Å². The topological polar surface area (TPSA) is 47.6 Å². The van der Waals surface area contributed by atoms with E-state index in [0.29, 0.717) is 13.2 Å². The minimum atomic E-state index is -0.434. The second-order valence-corrected chi connectivity index (χ2v) is 4.59. The Morgan fingerprint density at radius 3 is 2.74 bits per heavy atom. The van der Waals surface area contributed by atoms with Gasteiger partial charge in [0.2, 0.25) is 5.91 Å². The van der Waals surface area contributed by atoms with E-state index in [1.54, 1.807) is 7.11 Å². The lowest BCUT2D eigenvalue weighted by molar-refractivity contribution is -0.119. The largest absolute Gasteiger partial charge is 0.496 e. The molecule has 0 radical (unpaired) electrons. The zero-order valence-corrected chi connectivity index (χ0v) is 11.1. The Labute approximate surface area is 113 Å². The summed E-state index contributed by atoms with van der Waals surface area (Å²) in [5.74, 6) is 0.613. The number of hydrogen-bond acceptors (Lipinski definition) is 3. The molecule has 1 aromatic rings. The fourth-order valence-electron chi connectivity index (χ4n) is 2.51. The molecule has 0 saturated carbocycles. The molecule has 1 amide bonds. The fourth-order valence-corrected chi connectivity index (χ4v) is 2.51. The predicted octanol–water partition coefficient (Wildman–Crippen LogP) is 2.00. The predicted molar refractivity (Wildman–Crippen MR) is 73.1 cm³/mol. The van der Waals surface area contributed by atoms with E-state index < -0.39 is 5.54 Å². The summed E-state index contributed by atoms with van der Waals surface area (Å²) in [6, 6.07) is 7.78. The van der Waals surface area contributed by atoms with Gasteiger partial charge in [0.15, 0.2) is 0 Å². The van der Waals surface area contributed by atoms with Crippen molar-refractivity contribution in [1.29, 1.82) is 0 Å². The van der Waals surface area contributed by atoms with Crippen LogP contribution in [0.1, 0.15) is 18.4 Å². The van der Waals surface area contributed by atoms with Crippen molar-refractivity contribution in [3.05, 3.63) is 42.5 Å². The van der Waals surface area contributed by atoms with Crippen LogP contribution in [0.5, 0.6) is 5.75 Å². The van der Waals surface area contributed by atoms with Crippen LogP contribution in [0.15, 0.2) is 36.9 Å². The Kier molecular flexibility index (Phi) is 4.22. The molecule has 1 aromatic carbocycles. The molecule has 4 nitrogen and oxygen atoms in total. The van der Waals surface area contributed by atoms with Crippen molar-refractivity contribution in [2.75, 3.05) is 20.3 Å². The molecule has 1 aliphatic rings. The molecule has 102 valence electrons. The average molecular weight is 261 g/mol. The van der Waals surface area contributed by atoms with Crippen LogP contribution in [0.25, 0.3) is 0 Å². The number of para-hydroxylation sites is 1. The van der Waals surface area contributed by atoms with Crippen LogP contribution in [0.2, 0.25) is 0 Å². The molecular weight excluding hydrogens is 242 g/mol. The molecule has 2 rings (SSSR count). The summed E-state index contributed by atoms with van der Waals surface area (Å²) in [7, 11) is 1.64. The Morgan fingerprint density at radius 2 is 2.11 bits per heavy atom. The molecule has 1 aliphatic heterocycles. The van der Waals surface area contributed by atoms with Gasteiger partial charge in [0.25, 0.3) is 0 Å². The fraction of sp³-hybridized carbons (Fsp3) is 0.400. The first-order valence-electron chi connectivity index (χ1n) is 6.38. The quantitative estimate of drug-likeness (QED) is 0.843. The molecule has 4 heteroatoms. The van der Waals surface area contributed by atoms with Crippen LogP contribution < -0.4 is 10.1 Å². The van der Waals surface area contributed by atoms with E-state index in [1.807, 2.05) is 24.3 Å². The highest BCUT2D eigenvalue weighted by Gasteiger charge is 2.37. The summed E-state index contributed by atoms with van der Waals surface area (Å²) in [5.41, 5.74) is 0.562. The molecule has 0 aliphatic carbocycles. The van der Waals surface area contributed by atoms with Crippen molar-refractivity contribution in [3.8, 4) is 5.75 Å². The normalized spacial score (nSPS) is 17.5. The van der Waals surface area contributed by atoms with Crippen molar-refractivity contribution in [3.63, 3.8) is 0 Å². The van der Waals surface area contributed by atoms with Crippen molar-refractivity contribution < 1.29 is 14.3 Å². The van der Waals surface area contributed by atoms with E-state index in [9.17, 15) is 4.79 Å². The van der Waals surface area contributed by atoms with Gasteiger partial charge in [-0.05, 0) is 25.0 Å². The van der Waals surface area contributed by atoms with Crippen molar-refractivity contribution in [1.82, 2.24) is 5.32 Å². The summed E-state index contributed by atoms with van der Waals surface area (Å²) < 4.78 is 10.8. The monoisotopic (exact) mass is 261 g/mol. The van der Waals surface area contributed by atoms with Gasteiger partial charge in [-0.3, -0.25) is 4.79 Å². The number of hydrogen-bond donors (Lipinski definition) is 1. The number of rotatable bonds is 4. The van der Waals surface area contributed by atoms with Gasteiger partial charge in [-0.15, -0.1) is 0 Å². The van der Waals surface area contributed by atoms with Crippen LogP contribution in [0, 0.1) is 0 Å². The number of methoxy groups -OCH3 is 1. The third-order valence-corrected chi connectivity index (χ3v) is 3.52. The number of nitrogens with one attached hydrogen (secondary N) is 1. The highest BCUT2D eigenvalue weighted by molar-refractivity contribution is 5.87. The van der Waals surface area contributed by atoms with E-state index in [1.165, 1.54) is 6.08 Å². The Balaban J connectivity index is 2.41. The van der Waals surface area contributed by atoms with Crippen LogP contribution in [0.3, 0.4) is 0 Å². The second-order valence-electron chi connectivity index (χ2n) is 4.59. The Morgan fingerprint density at radius 1 is 1.42 bits per heavy atom. The molecule has 0 aromatic heterocycles. The molecule has 0 unspecified atom stereocenters. The summed E-state index contributed by atoms with van der Waals surface area (Å²) >= 11 is 0. The molecule has 0 atom stereocenters. The molecule has 1 fully saturated rings. The van der Waals surface area contributed by atoms with Crippen LogP contribution >= 0.6 is 0 Å². The van der Waals surface area contributed by atoms with Gasteiger partial charge < -0.3 is 14.8 Å². The lowest BCUT2D eigenvalue weighted by Crippen LogP contribution is -2.49. The van der Waals surface area contributed by atoms with E-state index in [4.69, 9.17) is 9.47 Å². The lowest BCUT2D eigenvalue weighted by atomic mass is 9.82. The highest BCUT2D eigenvalue weighted by atomic mass is 16.5. The maximum atomic E-state index is 11.7. The first-order chi connectivity index (χ1) is 9.22. The lowest BCUT2D eigenvalue weighted by Gasteiger charge is -2.38. The standard InChI is InChI=1S/C15H19NO3/c1-3-14(17)16-15(8-10-19-11-9-15)12-6-4-5-7-13(12)18-2/h3-7H,1,8-11H2,2H3,(H,16,17). The van der Waals surface area contributed by atoms with Gasteiger partial charge in [0.1, 0.15) is 5.75 Å². The molecular formula is C15H19NO3. The maximum absolute atomic E-state index is 11.7. The van der Waals surface area contributed by atoms with Gasteiger partial charge >= 0.3 is 0 Å². The maximum Gasteiger partial charge on any atom is 0.244 e. The van der Waals surface area contributed by atoms with E-state index in [0.717, 1.165) is 24.2 Å². The molecule has 19 heavy (non-hydrogen) atoms. The Bertz CT molecular complexity index is 464. The van der Waals surface area contributed by atoms with E-state index in [2.05, 4.69) is 11.9 Å². The van der Waals surface area contributed by atoms with Gasteiger partial charge in [0, 0.05) is 18.8 Å².